The van der Waals surface area contributed by atoms with Gasteiger partial charge in [-0.1, -0.05) is 50.6 Å². The van der Waals surface area contributed by atoms with Crippen molar-refractivity contribution in [3.63, 3.8) is 0 Å². The second kappa shape index (κ2) is 7.21. The van der Waals surface area contributed by atoms with Crippen LogP contribution in [0.4, 0.5) is 0 Å². The molecule has 1 saturated carbocycles. The first-order valence-electron chi connectivity index (χ1n) is 7.71. The monoisotopic (exact) mass is 276 g/mol. The summed E-state index contributed by atoms with van der Waals surface area (Å²) >= 11 is 0. The van der Waals surface area contributed by atoms with Crippen molar-refractivity contribution in [3.05, 3.63) is 35.9 Å². The maximum atomic E-state index is 5.87. The molecule has 0 spiro atoms. The largest absolute Gasteiger partial charge is 0.375 e. The van der Waals surface area contributed by atoms with Crippen LogP contribution < -0.4 is 11.3 Å². The Morgan fingerprint density at radius 1 is 1.15 bits per heavy atom. The molecule has 5 atom stereocenters. The molecule has 0 radical (unpaired) electrons. The van der Waals surface area contributed by atoms with Gasteiger partial charge in [0.05, 0.1) is 12.1 Å². The van der Waals surface area contributed by atoms with Gasteiger partial charge in [0.1, 0.15) is 0 Å². The molecule has 1 aliphatic rings. The molecule has 112 valence electrons. The number of hydrogen-bond donors (Lipinski definition) is 2. The number of hydrazine groups is 1. The summed E-state index contributed by atoms with van der Waals surface area (Å²) in [5, 5.41) is 0. The van der Waals surface area contributed by atoms with Crippen LogP contribution >= 0.6 is 0 Å². The molecule has 20 heavy (non-hydrogen) atoms. The lowest BCUT2D eigenvalue weighted by Gasteiger charge is -2.39. The highest BCUT2D eigenvalue weighted by atomic mass is 16.5. The van der Waals surface area contributed by atoms with Crippen molar-refractivity contribution < 1.29 is 4.74 Å². The molecule has 0 bridgehead atoms. The highest BCUT2D eigenvalue weighted by Crippen LogP contribution is 2.38. The van der Waals surface area contributed by atoms with Crippen LogP contribution in [0.5, 0.6) is 0 Å². The predicted octanol–water partition coefficient (Wildman–Crippen LogP) is 3.28. The smallest absolute Gasteiger partial charge is 0.0990 e. The molecule has 3 nitrogen and oxygen atoms in total. The molecule has 0 heterocycles. The van der Waals surface area contributed by atoms with Crippen LogP contribution in [-0.2, 0) is 4.74 Å². The van der Waals surface area contributed by atoms with Crippen molar-refractivity contribution >= 4 is 0 Å². The fourth-order valence-electron chi connectivity index (χ4n) is 3.52. The van der Waals surface area contributed by atoms with Gasteiger partial charge in [0.25, 0.3) is 0 Å². The molecule has 3 N–H and O–H groups in total. The zero-order chi connectivity index (χ0) is 14.5. The van der Waals surface area contributed by atoms with Crippen LogP contribution in [0.15, 0.2) is 30.3 Å². The molecular weight excluding hydrogens is 248 g/mol. The van der Waals surface area contributed by atoms with Gasteiger partial charge in [-0.05, 0) is 36.2 Å². The highest BCUT2D eigenvalue weighted by Gasteiger charge is 2.34. The Bertz CT molecular complexity index is 395. The minimum atomic E-state index is 0.0202. The Hall–Kier alpha value is -0.900. The molecule has 1 fully saturated rings. The third-order valence-corrected chi connectivity index (χ3v) is 5.05. The van der Waals surface area contributed by atoms with E-state index >= 15 is 0 Å². The Labute approximate surface area is 122 Å². The summed E-state index contributed by atoms with van der Waals surface area (Å²) < 4.78 is 5.76. The normalized spacial score (nSPS) is 29.9. The average Bonchev–Trinajstić information content (AvgIpc) is 2.48. The third kappa shape index (κ3) is 3.40. The number of benzene rings is 1. The standard InChI is InChI=1S/C17H28N2O/c1-12-9-10-15(11-13(12)2)16(19-18)17(20-3)14-7-5-4-6-8-14/h4-8,12-13,15-17,19H,9-11,18H2,1-3H3. The predicted molar refractivity (Wildman–Crippen MR) is 83.0 cm³/mol. The maximum Gasteiger partial charge on any atom is 0.0990 e. The molecule has 5 unspecified atom stereocenters. The molecule has 1 aliphatic carbocycles. The molecule has 1 aromatic rings. The first-order valence-corrected chi connectivity index (χ1v) is 7.71. The van der Waals surface area contributed by atoms with E-state index in [9.17, 15) is 0 Å². The number of nitrogens with two attached hydrogens (primary N) is 1. The van der Waals surface area contributed by atoms with E-state index in [0.717, 1.165) is 11.8 Å². The van der Waals surface area contributed by atoms with Gasteiger partial charge < -0.3 is 4.74 Å². The van der Waals surface area contributed by atoms with Gasteiger partial charge in [-0.3, -0.25) is 11.3 Å². The summed E-state index contributed by atoms with van der Waals surface area (Å²) in [5.74, 6) is 8.03. The zero-order valence-electron chi connectivity index (χ0n) is 12.9. The SMILES string of the molecule is COC(c1ccccc1)C(NN)C1CCC(C)C(C)C1. The van der Waals surface area contributed by atoms with Crippen LogP contribution in [0.25, 0.3) is 0 Å². The average molecular weight is 276 g/mol. The number of nitrogens with one attached hydrogen (secondary N) is 1. The van der Waals surface area contributed by atoms with Crippen LogP contribution in [0.2, 0.25) is 0 Å². The summed E-state index contributed by atoms with van der Waals surface area (Å²) in [6.45, 7) is 4.71. The summed E-state index contributed by atoms with van der Waals surface area (Å²) in [7, 11) is 1.77. The van der Waals surface area contributed by atoms with Gasteiger partial charge in [-0.25, -0.2) is 0 Å². The molecule has 2 rings (SSSR count). The first kappa shape index (κ1) is 15.5. The van der Waals surface area contributed by atoms with Gasteiger partial charge >= 0.3 is 0 Å². The number of rotatable bonds is 5. The topological polar surface area (TPSA) is 47.3 Å². The molecule has 3 heteroatoms. The van der Waals surface area contributed by atoms with Crippen molar-refractivity contribution in [1.29, 1.82) is 0 Å². The van der Waals surface area contributed by atoms with E-state index in [-0.39, 0.29) is 12.1 Å². The van der Waals surface area contributed by atoms with Crippen molar-refractivity contribution in [2.24, 2.45) is 23.6 Å². The number of methoxy groups -OCH3 is 1. The van der Waals surface area contributed by atoms with E-state index in [1.807, 2.05) is 6.07 Å². The van der Waals surface area contributed by atoms with Crippen LogP contribution in [-0.4, -0.2) is 13.2 Å². The van der Waals surface area contributed by atoms with Crippen molar-refractivity contribution in [3.8, 4) is 0 Å². The Morgan fingerprint density at radius 3 is 2.40 bits per heavy atom. The highest BCUT2D eigenvalue weighted by molar-refractivity contribution is 5.19. The van der Waals surface area contributed by atoms with Gasteiger partial charge in [-0.15, -0.1) is 0 Å². The fraction of sp³-hybridized carbons (Fsp3) is 0.647. The van der Waals surface area contributed by atoms with Gasteiger partial charge in [0.15, 0.2) is 0 Å². The van der Waals surface area contributed by atoms with E-state index in [1.54, 1.807) is 7.11 Å². The zero-order valence-corrected chi connectivity index (χ0v) is 12.9. The molecule has 0 saturated heterocycles. The minimum Gasteiger partial charge on any atom is -0.375 e. The third-order valence-electron chi connectivity index (χ3n) is 5.05. The second-order valence-corrected chi connectivity index (χ2v) is 6.29. The van der Waals surface area contributed by atoms with E-state index in [2.05, 4.69) is 43.5 Å². The van der Waals surface area contributed by atoms with E-state index < -0.39 is 0 Å². The second-order valence-electron chi connectivity index (χ2n) is 6.29. The van der Waals surface area contributed by atoms with Crippen molar-refractivity contribution in [1.82, 2.24) is 5.43 Å². The fourth-order valence-corrected chi connectivity index (χ4v) is 3.52. The van der Waals surface area contributed by atoms with Crippen LogP contribution in [0, 0.1) is 17.8 Å². The Kier molecular flexibility index (Phi) is 5.58. The van der Waals surface area contributed by atoms with Crippen molar-refractivity contribution in [2.75, 3.05) is 7.11 Å². The summed E-state index contributed by atoms with van der Waals surface area (Å²) in [4.78, 5) is 0. The number of ether oxygens (including phenoxy) is 1. The Balaban J connectivity index is 2.13. The van der Waals surface area contributed by atoms with Crippen LogP contribution in [0.1, 0.15) is 44.8 Å². The molecule has 1 aromatic carbocycles. The lowest BCUT2D eigenvalue weighted by molar-refractivity contribution is 0.0276. The summed E-state index contributed by atoms with van der Waals surface area (Å²) in [6, 6.07) is 10.6. The maximum absolute atomic E-state index is 5.87. The van der Waals surface area contributed by atoms with E-state index in [4.69, 9.17) is 10.6 Å². The van der Waals surface area contributed by atoms with Gasteiger partial charge in [0, 0.05) is 7.11 Å². The van der Waals surface area contributed by atoms with Gasteiger partial charge in [-0.2, -0.15) is 0 Å². The lowest BCUT2D eigenvalue weighted by atomic mass is 9.72. The summed E-state index contributed by atoms with van der Waals surface area (Å²) in [5.41, 5.74) is 4.23. The first-order chi connectivity index (χ1) is 9.67. The van der Waals surface area contributed by atoms with Crippen molar-refractivity contribution in [2.45, 2.75) is 45.3 Å². The van der Waals surface area contributed by atoms with Gasteiger partial charge in [0.2, 0.25) is 0 Å². The summed E-state index contributed by atoms with van der Waals surface area (Å²) in [6.07, 6.45) is 3.76. The van der Waals surface area contributed by atoms with E-state index in [1.165, 1.54) is 24.8 Å². The number of hydrogen-bond acceptors (Lipinski definition) is 3. The van der Waals surface area contributed by atoms with Crippen LogP contribution in [0.3, 0.4) is 0 Å². The molecule has 0 aromatic heterocycles. The minimum absolute atomic E-state index is 0.0202. The molecule has 0 amide bonds. The Morgan fingerprint density at radius 2 is 1.85 bits per heavy atom. The quantitative estimate of drug-likeness (QED) is 0.641. The molecular formula is C17H28N2O. The lowest BCUT2D eigenvalue weighted by Crippen LogP contribution is -2.47. The molecule has 0 aliphatic heterocycles. The van der Waals surface area contributed by atoms with E-state index in [0.29, 0.717) is 5.92 Å².